The Labute approximate surface area is 170 Å². The number of anilines is 1. The lowest BCUT2D eigenvalue weighted by Crippen LogP contribution is -2.39. The molecule has 0 radical (unpaired) electrons. The first kappa shape index (κ1) is 20.1. The van der Waals surface area contributed by atoms with Crippen LogP contribution in [0, 0.1) is 5.82 Å². The van der Waals surface area contributed by atoms with Gasteiger partial charge in [0, 0.05) is 31.3 Å². The minimum atomic E-state index is -0.403. The van der Waals surface area contributed by atoms with E-state index in [0.717, 1.165) is 57.4 Å². The van der Waals surface area contributed by atoms with E-state index in [1.807, 2.05) is 0 Å². The van der Waals surface area contributed by atoms with E-state index in [-0.39, 0.29) is 24.2 Å². The van der Waals surface area contributed by atoms with Crippen LogP contribution in [0.25, 0.3) is 0 Å². The quantitative estimate of drug-likeness (QED) is 0.717. The van der Waals surface area contributed by atoms with E-state index < -0.39 is 5.82 Å². The van der Waals surface area contributed by atoms with Crippen molar-refractivity contribution in [2.45, 2.75) is 76.6 Å². The highest BCUT2D eigenvalue weighted by molar-refractivity contribution is 5.26. The SMILES string of the molecule is CC(C)c1noc(N2CCC(O[C@H]3CC[C@H](Oc4ccncc4F)CC3)CC2)n1. The summed E-state index contributed by atoms with van der Waals surface area (Å²) in [6, 6.07) is 2.20. The molecule has 2 aromatic heterocycles. The van der Waals surface area contributed by atoms with Gasteiger partial charge in [0.05, 0.1) is 24.5 Å². The molecule has 0 atom stereocenters. The van der Waals surface area contributed by atoms with Gasteiger partial charge >= 0.3 is 6.01 Å². The van der Waals surface area contributed by atoms with Gasteiger partial charge in [-0.1, -0.05) is 19.0 Å². The van der Waals surface area contributed by atoms with Gasteiger partial charge in [0.2, 0.25) is 0 Å². The Kier molecular flexibility index (Phi) is 6.28. The minimum Gasteiger partial charge on any atom is -0.487 e. The van der Waals surface area contributed by atoms with E-state index in [0.29, 0.717) is 11.8 Å². The molecule has 2 aliphatic rings. The van der Waals surface area contributed by atoms with Crippen LogP contribution in [0.1, 0.15) is 64.1 Å². The molecule has 1 aliphatic heterocycles. The van der Waals surface area contributed by atoms with E-state index in [9.17, 15) is 4.39 Å². The molecule has 158 valence electrons. The first-order chi connectivity index (χ1) is 14.1. The average molecular weight is 404 g/mol. The molecule has 0 aromatic carbocycles. The number of rotatable bonds is 6. The molecule has 1 saturated heterocycles. The molecule has 1 saturated carbocycles. The second-order valence-electron chi connectivity index (χ2n) is 8.24. The van der Waals surface area contributed by atoms with Gasteiger partial charge in [0.25, 0.3) is 0 Å². The normalized spacial score (nSPS) is 23.5. The molecule has 8 heteroatoms. The lowest BCUT2D eigenvalue weighted by atomic mass is 9.94. The summed E-state index contributed by atoms with van der Waals surface area (Å²) in [5, 5.41) is 4.05. The number of hydrogen-bond acceptors (Lipinski definition) is 7. The van der Waals surface area contributed by atoms with Crippen LogP contribution in [-0.4, -0.2) is 46.5 Å². The number of pyridine rings is 1. The van der Waals surface area contributed by atoms with Gasteiger partial charge in [0.1, 0.15) is 0 Å². The van der Waals surface area contributed by atoms with Gasteiger partial charge in [-0.25, -0.2) is 4.39 Å². The molecule has 0 bridgehead atoms. The van der Waals surface area contributed by atoms with E-state index in [4.69, 9.17) is 14.0 Å². The first-order valence-corrected chi connectivity index (χ1v) is 10.6. The average Bonchev–Trinajstić information content (AvgIpc) is 3.22. The van der Waals surface area contributed by atoms with Crippen molar-refractivity contribution in [3.8, 4) is 5.75 Å². The zero-order valence-electron chi connectivity index (χ0n) is 17.1. The summed E-state index contributed by atoms with van der Waals surface area (Å²) < 4.78 is 31.2. The van der Waals surface area contributed by atoms with Crippen LogP contribution in [0.2, 0.25) is 0 Å². The van der Waals surface area contributed by atoms with Crippen molar-refractivity contribution in [1.29, 1.82) is 0 Å². The second kappa shape index (κ2) is 9.07. The highest BCUT2D eigenvalue weighted by atomic mass is 19.1. The molecule has 0 N–H and O–H groups in total. The van der Waals surface area contributed by atoms with Crippen LogP contribution in [0.4, 0.5) is 10.4 Å². The maximum Gasteiger partial charge on any atom is 0.324 e. The van der Waals surface area contributed by atoms with E-state index in [2.05, 4.69) is 33.9 Å². The molecule has 0 unspecified atom stereocenters. The topological polar surface area (TPSA) is 73.5 Å². The smallest absolute Gasteiger partial charge is 0.324 e. The van der Waals surface area contributed by atoms with Crippen molar-refractivity contribution in [2.75, 3.05) is 18.0 Å². The van der Waals surface area contributed by atoms with E-state index >= 15 is 0 Å². The molecule has 1 aliphatic carbocycles. The molecule has 7 nitrogen and oxygen atoms in total. The van der Waals surface area contributed by atoms with Crippen LogP contribution in [-0.2, 0) is 4.74 Å². The second-order valence-corrected chi connectivity index (χ2v) is 8.24. The zero-order chi connectivity index (χ0) is 20.2. The monoisotopic (exact) mass is 404 g/mol. The summed E-state index contributed by atoms with van der Waals surface area (Å²) in [5.41, 5.74) is 0. The molecule has 0 amide bonds. The summed E-state index contributed by atoms with van der Waals surface area (Å²) in [6.07, 6.45) is 8.86. The van der Waals surface area contributed by atoms with Crippen LogP contribution < -0.4 is 9.64 Å². The largest absolute Gasteiger partial charge is 0.487 e. The number of hydrogen-bond donors (Lipinski definition) is 0. The lowest BCUT2D eigenvalue weighted by Gasteiger charge is -2.35. The summed E-state index contributed by atoms with van der Waals surface area (Å²) >= 11 is 0. The first-order valence-electron chi connectivity index (χ1n) is 10.6. The standard InChI is InChI=1S/C21H29FN4O3/c1-14(2)20-24-21(29-25-20)26-11-8-17(9-12-26)27-15-3-5-16(6-4-15)28-19-7-10-23-13-18(19)22/h7,10,13-17H,3-6,8-9,11-12H2,1-2H3/t15-,16-. The van der Waals surface area contributed by atoms with Crippen LogP contribution in [0.5, 0.6) is 5.75 Å². The predicted octanol–water partition coefficient (Wildman–Crippen LogP) is 4.10. The van der Waals surface area contributed by atoms with Crippen molar-refractivity contribution in [3.05, 3.63) is 30.1 Å². The van der Waals surface area contributed by atoms with E-state index in [1.54, 1.807) is 12.3 Å². The fraction of sp³-hybridized carbons (Fsp3) is 0.667. The van der Waals surface area contributed by atoms with Gasteiger partial charge < -0.3 is 18.9 Å². The summed E-state index contributed by atoms with van der Waals surface area (Å²) in [6.45, 7) is 5.85. The molecule has 0 spiro atoms. The molecular formula is C21H29FN4O3. The molecule has 4 rings (SSSR count). The number of nitrogens with zero attached hydrogens (tertiary/aromatic N) is 4. The highest BCUT2D eigenvalue weighted by Crippen LogP contribution is 2.29. The molecule has 2 fully saturated rings. The van der Waals surface area contributed by atoms with Gasteiger partial charge in [-0.2, -0.15) is 4.98 Å². The number of piperidine rings is 1. The van der Waals surface area contributed by atoms with Crippen LogP contribution >= 0.6 is 0 Å². The minimum absolute atomic E-state index is 0.0428. The Morgan fingerprint density at radius 1 is 1.07 bits per heavy atom. The molecular weight excluding hydrogens is 375 g/mol. The summed E-state index contributed by atoms with van der Waals surface area (Å²) in [7, 11) is 0. The maximum atomic E-state index is 13.7. The van der Waals surface area contributed by atoms with Crippen molar-refractivity contribution >= 4 is 6.01 Å². The van der Waals surface area contributed by atoms with Crippen LogP contribution in [0.15, 0.2) is 23.0 Å². The fourth-order valence-electron chi connectivity index (χ4n) is 3.97. The third kappa shape index (κ3) is 5.04. The Morgan fingerprint density at radius 2 is 1.76 bits per heavy atom. The molecule has 29 heavy (non-hydrogen) atoms. The summed E-state index contributed by atoms with van der Waals surface area (Å²) in [5.74, 6) is 0.907. The van der Waals surface area contributed by atoms with Crippen molar-refractivity contribution in [1.82, 2.24) is 15.1 Å². The van der Waals surface area contributed by atoms with Crippen LogP contribution in [0.3, 0.4) is 0 Å². The Balaban J connectivity index is 1.19. The highest BCUT2D eigenvalue weighted by Gasteiger charge is 2.29. The zero-order valence-corrected chi connectivity index (χ0v) is 17.1. The number of ether oxygens (including phenoxy) is 2. The lowest BCUT2D eigenvalue weighted by molar-refractivity contribution is -0.0532. The molecule has 3 heterocycles. The van der Waals surface area contributed by atoms with E-state index in [1.165, 1.54) is 6.20 Å². The number of halogens is 1. The van der Waals surface area contributed by atoms with Gasteiger partial charge in [-0.05, 0) is 38.5 Å². The van der Waals surface area contributed by atoms with Crippen molar-refractivity contribution in [3.63, 3.8) is 0 Å². The van der Waals surface area contributed by atoms with Crippen molar-refractivity contribution in [2.24, 2.45) is 0 Å². The Morgan fingerprint density at radius 3 is 2.41 bits per heavy atom. The van der Waals surface area contributed by atoms with Gasteiger partial charge in [-0.3, -0.25) is 4.98 Å². The van der Waals surface area contributed by atoms with Gasteiger partial charge in [-0.15, -0.1) is 0 Å². The Bertz CT molecular complexity index is 784. The van der Waals surface area contributed by atoms with Gasteiger partial charge in [0.15, 0.2) is 17.4 Å². The third-order valence-corrected chi connectivity index (χ3v) is 5.69. The maximum absolute atomic E-state index is 13.7. The third-order valence-electron chi connectivity index (χ3n) is 5.69. The molecule has 2 aromatic rings. The predicted molar refractivity (Wildman–Crippen MR) is 106 cm³/mol. The number of aromatic nitrogens is 3. The fourth-order valence-corrected chi connectivity index (χ4v) is 3.97. The Hall–Kier alpha value is -2.22. The van der Waals surface area contributed by atoms with Crippen molar-refractivity contribution < 1.29 is 18.4 Å². The summed E-state index contributed by atoms with van der Waals surface area (Å²) in [4.78, 5) is 10.4.